The smallest absolute Gasteiger partial charge is 0.0388 e. The third kappa shape index (κ3) is 2.21. The SMILES string of the molecule is CC(C)[C@H]1CC[C@H](C)C(C)C1. The molecule has 0 bridgehead atoms. The van der Waals surface area contributed by atoms with Crippen LogP contribution in [0, 0.1) is 23.7 Å². The Morgan fingerprint density at radius 1 is 1.00 bits per heavy atom. The van der Waals surface area contributed by atoms with Gasteiger partial charge in [0.2, 0.25) is 0 Å². The van der Waals surface area contributed by atoms with Gasteiger partial charge in [0.15, 0.2) is 0 Å². The maximum atomic E-state index is 2.42. The number of rotatable bonds is 1. The van der Waals surface area contributed by atoms with Gasteiger partial charge < -0.3 is 0 Å². The minimum Gasteiger partial charge on any atom is -0.0625 e. The molecule has 1 saturated carbocycles. The van der Waals surface area contributed by atoms with Crippen molar-refractivity contribution in [3.8, 4) is 0 Å². The second-order valence-corrected chi connectivity index (χ2v) is 4.77. The molecule has 1 aliphatic carbocycles. The first-order chi connectivity index (χ1) is 5.11. The van der Waals surface area contributed by atoms with E-state index in [9.17, 15) is 0 Å². The van der Waals surface area contributed by atoms with E-state index < -0.39 is 0 Å². The van der Waals surface area contributed by atoms with Crippen LogP contribution in [0.5, 0.6) is 0 Å². The molecule has 0 heterocycles. The Balaban J connectivity index is 2.40. The molecule has 0 amide bonds. The Bertz CT molecular complexity index is 115. The molecular formula is C11H22. The maximum absolute atomic E-state index is 2.42. The van der Waals surface area contributed by atoms with Gasteiger partial charge >= 0.3 is 0 Å². The van der Waals surface area contributed by atoms with Crippen molar-refractivity contribution in [1.29, 1.82) is 0 Å². The van der Waals surface area contributed by atoms with E-state index >= 15 is 0 Å². The first-order valence-electron chi connectivity index (χ1n) is 5.11. The molecule has 0 saturated heterocycles. The molecule has 0 N–H and O–H groups in total. The van der Waals surface area contributed by atoms with Crippen LogP contribution in [-0.2, 0) is 0 Å². The Kier molecular flexibility index (Phi) is 2.98. The Morgan fingerprint density at radius 2 is 1.64 bits per heavy atom. The summed E-state index contributed by atoms with van der Waals surface area (Å²) in [6.07, 6.45) is 4.41. The molecule has 0 radical (unpaired) electrons. The predicted octanol–water partition coefficient (Wildman–Crippen LogP) is 3.71. The van der Waals surface area contributed by atoms with Crippen LogP contribution >= 0.6 is 0 Å². The zero-order valence-electron chi connectivity index (χ0n) is 8.43. The van der Waals surface area contributed by atoms with Gasteiger partial charge in [-0.25, -0.2) is 0 Å². The van der Waals surface area contributed by atoms with Crippen molar-refractivity contribution in [3.05, 3.63) is 0 Å². The van der Waals surface area contributed by atoms with Gasteiger partial charge in [-0.05, 0) is 36.5 Å². The summed E-state index contributed by atoms with van der Waals surface area (Å²) in [6, 6.07) is 0. The van der Waals surface area contributed by atoms with Gasteiger partial charge in [0.1, 0.15) is 0 Å². The van der Waals surface area contributed by atoms with Gasteiger partial charge in [0.05, 0.1) is 0 Å². The average molecular weight is 154 g/mol. The van der Waals surface area contributed by atoms with Crippen molar-refractivity contribution in [2.75, 3.05) is 0 Å². The zero-order valence-corrected chi connectivity index (χ0v) is 8.43. The quantitative estimate of drug-likeness (QED) is 0.540. The fourth-order valence-corrected chi connectivity index (χ4v) is 2.19. The maximum Gasteiger partial charge on any atom is -0.0388 e. The Morgan fingerprint density at radius 3 is 2.09 bits per heavy atom. The third-order valence-corrected chi connectivity index (χ3v) is 3.58. The standard InChI is InChI=1S/C11H22/c1-8(2)11-6-5-9(3)10(4)7-11/h8-11H,5-7H2,1-4H3/t9-,10?,11-/m0/s1. The van der Waals surface area contributed by atoms with Crippen LogP contribution < -0.4 is 0 Å². The fourth-order valence-electron chi connectivity index (χ4n) is 2.19. The summed E-state index contributed by atoms with van der Waals surface area (Å²) in [6.45, 7) is 9.56. The molecule has 1 unspecified atom stereocenters. The molecule has 1 rings (SSSR count). The molecule has 11 heavy (non-hydrogen) atoms. The fraction of sp³-hybridized carbons (Fsp3) is 1.00. The first-order valence-corrected chi connectivity index (χ1v) is 5.11. The predicted molar refractivity (Wildman–Crippen MR) is 50.5 cm³/mol. The highest BCUT2D eigenvalue weighted by Crippen LogP contribution is 2.36. The van der Waals surface area contributed by atoms with E-state index in [1.807, 2.05) is 0 Å². The second kappa shape index (κ2) is 3.60. The summed E-state index contributed by atoms with van der Waals surface area (Å²) >= 11 is 0. The van der Waals surface area contributed by atoms with Crippen molar-refractivity contribution >= 4 is 0 Å². The van der Waals surface area contributed by atoms with Gasteiger partial charge in [-0.15, -0.1) is 0 Å². The lowest BCUT2D eigenvalue weighted by molar-refractivity contribution is 0.171. The molecule has 1 fully saturated rings. The number of hydrogen-bond acceptors (Lipinski definition) is 0. The van der Waals surface area contributed by atoms with Crippen LogP contribution in [-0.4, -0.2) is 0 Å². The van der Waals surface area contributed by atoms with Crippen LogP contribution in [0.4, 0.5) is 0 Å². The lowest BCUT2D eigenvalue weighted by atomic mass is 9.72. The van der Waals surface area contributed by atoms with E-state index in [0.717, 1.165) is 23.7 Å². The molecular weight excluding hydrogens is 132 g/mol. The van der Waals surface area contributed by atoms with Crippen LogP contribution in [0.15, 0.2) is 0 Å². The molecule has 1 aliphatic rings. The molecule has 0 spiro atoms. The first kappa shape index (κ1) is 9.09. The molecule has 66 valence electrons. The van der Waals surface area contributed by atoms with Crippen LogP contribution in [0.3, 0.4) is 0 Å². The highest BCUT2D eigenvalue weighted by Gasteiger charge is 2.25. The summed E-state index contributed by atoms with van der Waals surface area (Å²) in [7, 11) is 0. The van der Waals surface area contributed by atoms with Crippen molar-refractivity contribution < 1.29 is 0 Å². The highest BCUT2D eigenvalue weighted by molar-refractivity contribution is 4.76. The Labute approximate surface area is 71.4 Å². The average Bonchev–Trinajstić information content (AvgIpc) is 1.94. The summed E-state index contributed by atoms with van der Waals surface area (Å²) in [4.78, 5) is 0. The zero-order chi connectivity index (χ0) is 8.43. The topological polar surface area (TPSA) is 0 Å². The summed E-state index contributed by atoms with van der Waals surface area (Å²) in [5.74, 6) is 3.87. The van der Waals surface area contributed by atoms with Gasteiger partial charge in [-0.3, -0.25) is 0 Å². The van der Waals surface area contributed by atoms with E-state index in [-0.39, 0.29) is 0 Å². The van der Waals surface area contributed by atoms with Crippen LogP contribution in [0.1, 0.15) is 47.0 Å². The van der Waals surface area contributed by atoms with Crippen LogP contribution in [0.2, 0.25) is 0 Å². The molecule has 3 atom stereocenters. The molecule has 0 aromatic carbocycles. The molecule has 0 heteroatoms. The van der Waals surface area contributed by atoms with Crippen LogP contribution in [0.25, 0.3) is 0 Å². The molecule has 0 nitrogen and oxygen atoms in total. The normalized spacial score (nSPS) is 39.5. The van der Waals surface area contributed by atoms with Gasteiger partial charge in [-0.2, -0.15) is 0 Å². The largest absolute Gasteiger partial charge is 0.0625 e. The third-order valence-electron chi connectivity index (χ3n) is 3.58. The summed E-state index contributed by atoms with van der Waals surface area (Å²) in [5, 5.41) is 0. The van der Waals surface area contributed by atoms with Crippen molar-refractivity contribution in [2.45, 2.75) is 47.0 Å². The summed E-state index contributed by atoms with van der Waals surface area (Å²) < 4.78 is 0. The monoisotopic (exact) mass is 154 g/mol. The minimum absolute atomic E-state index is 0.907. The lowest BCUT2D eigenvalue weighted by Crippen LogP contribution is -2.23. The second-order valence-electron chi connectivity index (χ2n) is 4.77. The highest BCUT2D eigenvalue weighted by atomic mass is 14.3. The van der Waals surface area contributed by atoms with Gasteiger partial charge in [0.25, 0.3) is 0 Å². The van der Waals surface area contributed by atoms with Gasteiger partial charge in [0, 0.05) is 0 Å². The number of hydrogen-bond donors (Lipinski definition) is 0. The lowest BCUT2D eigenvalue weighted by Gasteiger charge is -2.34. The Hall–Kier alpha value is 0. The van der Waals surface area contributed by atoms with E-state index in [0.29, 0.717) is 0 Å². The van der Waals surface area contributed by atoms with Crippen molar-refractivity contribution in [2.24, 2.45) is 23.7 Å². The van der Waals surface area contributed by atoms with E-state index in [1.54, 1.807) is 0 Å². The molecule has 0 aromatic heterocycles. The van der Waals surface area contributed by atoms with E-state index in [1.165, 1.54) is 19.3 Å². The minimum atomic E-state index is 0.907. The van der Waals surface area contributed by atoms with Crippen molar-refractivity contribution in [1.82, 2.24) is 0 Å². The molecule has 0 aliphatic heterocycles. The van der Waals surface area contributed by atoms with Crippen molar-refractivity contribution in [3.63, 3.8) is 0 Å². The molecule has 0 aromatic rings. The van der Waals surface area contributed by atoms with E-state index in [4.69, 9.17) is 0 Å². The van der Waals surface area contributed by atoms with E-state index in [2.05, 4.69) is 27.7 Å². The summed E-state index contributed by atoms with van der Waals surface area (Å²) in [5.41, 5.74) is 0. The van der Waals surface area contributed by atoms with Gasteiger partial charge in [-0.1, -0.05) is 34.1 Å².